The van der Waals surface area contributed by atoms with Crippen LogP contribution in [0.2, 0.25) is 0 Å². The summed E-state index contributed by atoms with van der Waals surface area (Å²) in [6, 6.07) is 17.3. The zero-order valence-corrected chi connectivity index (χ0v) is 7.33. The summed E-state index contributed by atoms with van der Waals surface area (Å²) >= 11 is 0. The summed E-state index contributed by atoms with van der Waals surface area (Å²) in [7, 11) is 0. The predicted octanol–water partition coefficient (Wildman–Crippen LogP) is 3.26. The van der Waals surface area contributed by atoms with Gasteiger partial charge in [-0.25, -0.2) is 0 Å². The molecule has 0 saturated heterocycles. The molecule has 3 rings (SSSR count). The van der Waals surface area contributed by atoms with Gasteiger partial charge in [0.1, 0.15) is 0 Å². The molecule has 0 heteroatoms. The normalized spacial score (nSPS) is 12.3. The number of benzene rings is 2. The molecular formula is C13H10. The Morgan fingerprint density at radius 3 is 1.62 bits per heavy atom. The molecule has 2 aromatic carbocycles. The first-order valence-corrected chi connectivity index (χ1v) is 4.61. The van der Waals surface area contributed by atoms with Crippen molar-refractivity contribution < 1.29 is 0 Å². The Balaban J connectivity index is 2.32. The molecule has 0 aliphatic heterocycles. The van der Waals surface area contributed by atoms with E-state index < -0.39 is 0 Å². The SMILES string of the molecule is c1ccc2c(c1)Cc1[13cH]cccc1-2. The zero-order chi connectivity index (χ0) is 8.67. The topological polar surface area (TPSA) is 0 Å². The molecule has 13 heavy (non-hydrogen) atoms. The van der Waals surface area contributed by atoms with E-state index in [0.717, 1.165) is 6.42 Å². The van der Waals surface area contributed by atoms with Crippen LogP contribution < -0.4 is 0 Å². The van der Waals surface area contributed by atoms with Crippen LogP contribution in [0, 0.1) is 0 Å². The van der Waals surface area contributed by atoms with Gasteiger partial charge in [0, 0.05) is 0 Å². The van der Waals surface area contributed by atoms with Crippen LogP contribution in [-0.2, 0) is 6.42 Å². The van der Waals surface area contributed by atoms with Crippen molar-refractivity contribution in [1.29, 1.82) is 0 Å². The third-order valence-electron chi connectivity index (χ3n) is 2.71. The van der Waals surface area contributed by atoms with E-state index in [2.05, 4.69) is 48.5 Å². The minimum atomic E-state index is 1.10. The Bertz CT molecular complexity index is 412. The molecule has 0 heterocycles. The molecular weight excluding hydrogens is 157 g/mol. The first-order valence-electron chi connectivity index (χ1n) is 4.61. The second-order valence-electron chi connectivity index (χ2n) is 3.49. The minimum Gasteiger partial charge on any atom is -0.0619 e. The number of rotatable bonds is 0. The summed E-state index contributed by atoms with van der Waals surface area (Å²) in [5.74, 6) is 0. The molecule has 62 valence electrons. The Morgan fingerprint density at radius 1 is 0.615 bits per heavy atom. The van der Waals surface area contributed by atoms with Gasteiger partial charge in [-0.3, -0.25) is 0 Å². The first-order chi connectivity index (χ1) is 6.45. The average Bonchev–Trinajstić information content (AvgIpc) is 2.56. The summed E-state index contributed by atoms with van der Waals surface area (Å²) in [6.07, 6.45) is 1.10. The fraction of sp³-hybridized carbons (Fsp3) is 0.0769. The smallest absolute Gasteiger partial charge is 0.00135 e. The van der Waals surface area contributed by atoms with Crippen LogP contribution in [0.1, 0.15) is 11.1 Å². The molecule has 0 atom stereocenters. The lowest BCUT2D eigenvalue weighted by Crippen LogP contribution is -1.77. The Kier molecular flexibility index (Phi) is 1.31. The summed E-state index contributed by atoms with van der Waals surface area (Å²) < 4.78 is 0. The molecule has 0 fully saturated rings. The van der Waals surface area contributed by atoms with E-state index >= 15 is 0 Å². The lowest BCUT2D eigenvalue weighted by molar-refractivity contribution is 1.26. The van der Waals surface area contributed by atoms with Crippen LogP contribution in [0.4, 0.5) is 0 Å². The van der Waals surface area contributed by atoms with Crippen molar-refractivity contribution in [2.75, 3.05) is 0 Å². The maximum atomic E-state index is 2.22. The fourth-order valence-electron chi connectivity index (χ4n) is 2.08. The first kappa shape index (κ1) is 6.90. The van der Waals surface area contributed by atoms with E-state index in [1.165, 1.54) is 22.3 Å². The maximum Gasteiger partial charge on any atom is -0.00135 e. The maximum absolute atomic E-state index is 2.22. The summed E-state index contributed by atoms with van der Waals surface area (Å²) in [6.45, 7) is 0. The van der Waals surface area contributed by atoms with Gasteiger partial charge in [-0.15, -0.1) is 0 Å². The van der Waals surface area contributed by atoms with Gasteiger partial charge in [0.15, 0.2) is 0 Å². The monoisotopic (exact) mass is 167 g/mol. The van der Waals surface area contributed by atoms with Crippen LogP contribution >= 0.6 is 0 Å². The van der Waals surface area contributed by atoms with Crippen molar-refractivity contribution >= 4 is 0 Å². The average molecular weight is 167 g/mol. The second-order valence-corrected chi connectivity index (χ2v) is 3.49. The third-order valence-corrected chi connectivity index (χ3v) is 2.71. The highest BCUT2D eigenvalue weighted by Gasteiger charge is 2.15. The van der Waals surface area contributed by atoms with E-state index in [-0.39, 0.29) is 0 Å². The quantitative estimate of drug-likeness (QED) is 0.482. The molecule has 1 aliphatic rings. The van der Waals surface area contributed by atoms with Crippen molar-refractivity contribution in [1.82, 2.24) is 0 Å². The van der Waals surface area contributed by atoms with Gasteiger partial charge >= 0.3 is 0 Å². The summed E-state index contributed by atoms with van der Waals surface area (Å²) in [5, 5.41) is 0. The highest BCUT2D eigenvalue weighted by Crippen LogP contribution is 2.35. The predicted molar refractivity (Wildman–Crippen MR) is 54.7 cm³/mol. The number of hydrogen-bond donors (Lipinski definition) is 0. The Morgan fingerprint density at radius 2 is 1.08 bits per heavy atom. The standard InChI is InChI=1S/C13H10/c1-3-7-12-10(5-1)9-11-6-2-4-8-13(11)12/h1-8H,9H2/i5+1. The molecule has 0 spiro atoms. The van der Waals surface area contributed by atoms with Gasteiger partial charge in [0.25, 0.3) is 0 Å². The van der Waals surface area contributed by atoms with Crippen LogP contribution in [0.3, 0.4) is 0 Å². The third kappa shape index (κ3) is 0.919. The van der Waals surface area contributed by atoms with Crippen molar-refractivity contribution in [2.24, 2.45) is 0 Å². The van der Waals surface area contributed by atoms with Crippen molar-refractivity contribution in [3.8, 4) is 11.1 Å². The molecule has 0 bridgehead atoms. The molecule has 2 aromatic rings. The van der Waals surface area contributed by atoms with Crippen molar-refractivity contribution in [2.45, 2.75) is 6.42 Å². The molecule has 0 saturated carbocycles. The van der Waals surface area contributed by atoms with Crippen LogP contribution in [0.15, 0.2) is 48.5 Å². The lowest BCUT2D eigenvalue weighted by atomic mass is 10.1. The highest BCUT2D eigenvalue weighted by molar-refractivity contribution is 5.76. The number of hydrogen-bond acceptors (Lipinski definition) is 0. The second kappa shape index (κ2) is 2.46. The summed E-state index contributed by atoms with van der Waals surface area (Å²) in [5.41, 5.74) is 5.75. The lowest BCUT2D eigenvalue weighted by Gasteiger charge is -1.98. The van der Waals surface area contributed by atoms with E-state index in [0.29, 0.717) is 0 Å². The number of fused-ring (bicyclic) bond motifs is 3. The molecule has 0 amide bonds. The van der Waals surface area contributed by atoms with E-state index in [1.54, 1.807) is 0 Å². The van der Waals surface area contributed by atoms with Crippen molar-refractivity contribution in [3.05, 3.63) is 59.7 Å². The van der Waals surface area contributed by atoms with Crippen LogP contribution in [-0.4, -0.2) is 0 Å². The van der Waals surface area contributed by atoms with Gasteiger partial charge in [-0.2, -0.15) is 0 Å². The molecule has 0 N–H and O–H groups in total. The Hall–Kier alpha value is -1.56. The van der Waals surface area contributed by atoms with Gasteiger partial charge < -0.3 is 0 Å². The molecule has 0 radical (unpaired) electrons. The van der Waals surface area contributed by atoms with Gasteiger partial charge in [0.05, 0.1) is 0 Å². The highest BCUT2D eigenvalue weighted by atomic mass is 14.3. The largest absolute Gasteiger partial charge is 0.0619 e. The molecule has 0 nitrogen and oxygen atoms in total. The summed E-state index contributed by atoms with van der Waals surface area (Å²) in [4.78, 5) is 0. The minimum absolute atomic E-state index is 1.10. The Labute approximate surface area is 77.8 Å². The van der Waals surface area contributed by atoms with Crippen molar-refractivity contribution in [3.63, 3.8) is 0 Å². The van der Waals surface area contributed by atoms with E-state index in [4.69, 9.17) is 0 Å². The van der Waals surface area contributed by atoms with E-state index in [9.17, 15) is 0 Å². The molecule has 1 aliphatic carbocycles. The van der Waals surface area contributed by atoms with E-state index in [1.807, 2.05) is 0 Å². The zero-order valence-electron chi connectivity index (χ0n) is 7.33. The van der Waals surface area contributed by atoms with Crippen LogP contribution in [0.25, 0.3) is 11.1 Å². The molecule has 0 aromatic heterocycles. The van der Waals surface area contributed by atoms with Gasteiger partial charge in [-0.05, 0) is 28.7 Å². The fourth-order valence-corrected chi connectivity index (χ4v) is 2.08. The van der Waals surface area contributed by atoms with Gasteiger partial charge in [-0.1, -0.05) is 48.5 Å². The molecule has 0 unspecified atom stereocenters. The van der Waals surface area contributed by atoms with Crippen LogP contribution in [0.5, 0.6) is 0 Å². The van der Waals surface area contributed by atoms with Gasteiger partial charge in [0.2, 0.25) is 0 Å².